The molecule has 178 valence electrons. The number of carbonyl (C=O) groups is 4. The highest BCUT2D eigenvalue weighted by Gasteiger charge is 2.49. The van der Waals surface area contributed by atoms with E-state index in [2.05, 4.69) is 10.3 Å². The molecule has 1 unspecified atom stereocenters. The summed E-state index contributed by atoms with van der Waals surface area (Å²) in [6.07, 6.45) is -3.54. The molecule has 1 fully saturated rings. The smallest absolute Gasteiger partial charge is 0.335 e. The first-order valence-corrected chi connectivity index (χ1v) is 10.6. The molecule has 4 rings (SSSR count). The summed E-state index contributed by atoms with van der Waals surface area (Å²) in [5, 5.41) is 3.88. The van der Waals surface area contributed by atoms with Crippen LogP contribution < -0.4 is 10.6 Å². The van der Waals surface area contributed by atoms with Gasteiger partial charge in [-0.2, -0.15) is 13.2 Å². The number of halogens is 4. The number of piperidine rings is 1. The van der Waals surface area contributed by atoms with Crippen LogP contribution in [0.2, 0.25) is 5.02 Å². The number of fused-ring (bicyclic) bond motifs is 1. The molecule has 4 amide bonds. The molecule has 8 nitrogen and oxygen atoms in total. The monoisotopic (exact) mass is 494 g/mol. The van der Waals surface area contributed by atoms with Gasteiger partial charge < -0.3 is 10.2 Å². The minimum atomic E-state index is -4.86. The summed E-state index contributed by atoms with van der Waals surface area (Å²) in [7, 11) is 0. The summed E-state index contributed by atoms with van der Waals surface area (Å²) in [6.45, 7) is 1.50. The van der Waals surface area contributed by atoms with Crippen molar-refractivity contribution in [3.8, 4) is 0 Å². The first-order chi connectivity index (χ1) is 15.9. The number of aromatic nitrogens is 1. The summed E-state index contributed by atoms with van der Waals surface area (Å²) in [4.78, 5) is 54.6. The highest BCUT2D eigenvalue weighted by atomic mass is 35.5. The molecule has 3 heterocycles. The third-order valence-electron chi connectivity index (χ3n) is 6.01. The van der Waals surface area contributed by atoms with E-state index in [1.54, 1.807) is 0 Å². The molecule has 12 heteroatoms. The van der Waals surface area contributed by atoms with Crippen molar-refractivity contribution in [3.63, 3.8) is 0 Å². The number of nitrogens with zero attached hydrogens (tertiary/aromatic N) is 2. The van der Waals surface area contributed by atoms with E-state index in [0.717, 1.165) is 6.20 Å². The van der Waals surface area contributed by atoms with E-state index >= 15 is 0 Å². The van der Waals surface area contributed by atoms with Crippen LogP contribution in [0.1, 0.15) is 57.8 Å². The predicted octanol–water partition coefficient (Wildman–Crippen LogP) is 2.92. The molecule has 34 heavy (non-hydrogen) atoms. The average Bonchev–Trinajstić information content (AvgIpc) is 3.11. The minimum absolute atomic E-state index is 0.0395. The van der Waals surface area contributed by atoms with E-state index in [0.29, 0.717) is 5.56 Å². The molecule has 2 atom stereocenters. The molecule has 2 aliphatic heterocycles. The van der Waals surface area contributed by atoms with Crippen LogP contribution in [0.25, 0.3) is 0 Å². The maximum absolute atomic E-state index is 13.7. The van der Waals surface area contributed by atoms with Gasteiger partial charge in [0.2, 0.25) is 5.91 Å². The van der Waals surface area contributed by atoms with E-state index < -0.39 is 47.1 Å². The first-order valence-electron chi connectivity index (χ1n) is 10.2. The molecule has 2 aromatic rings. The molecule has 2 N–H and O–H groups in total. The van der Waals surface area contributed by atoms with Gasteiger partial charge in [0.05, 0.1) is 10.7 Å². The van der Waals surface area contributed by atoms with Gasteiger partial charge in [-0.3, -0.25) is 29.5 Å². The second-order valence-corrected chi connectivity index (χ2v) is 8.64. The Morgan fingerprint density at radius 3 is 2.65 bits per heavy atom. The minimum Gasteiger partial charge on any atom is -0.335 e. The van der Waals surface area contributed by atoms with Crippen LogP contribution in [-0.4, -0.2) is 45.2 Å². The lowest BCUT2D eigenvalue weighted by Crippen LogP contribution is -2.61. The Bertz CT molecular complexity index is 1220. The van der Waals surface area contributed by atoms with Crippen molar-refractivity contribution < 1.29 is 32.3 Å². The zero-order valence-electron chi connectivity index (χ0n) is 17.7. The van der Waals surface area contributed by atoms with Crippen molar-refractivity contribution in [1.82, 2.24) is 20.5 Å². The zero-order chi connectivity index (χ0) is 24.8. The number of rotatable bonds is 4. The number of carbonyl (C=O) groups excluding carboxylic acids is 4. The molecule has 2 aliphatic rings. The molecule has 0 bridgehead atoms. The Labute approximate surface area is 196 Å². The Morgan fingerprint density at radius 1 is 1.26 bits per heavy atom. The van der Waals surface area contributed by atoms with Gasteiger partial charge in [0, 0.05) is 30.3 Å². The molecule has 1 aromatic heterocycles. The number of alkyl halides is 3. The van der Waals surface area contributed by atoms with Gasteiger partial charge in [-0.25, -0.2) is 0 Å². The summed E-state index contributed by atoms with van der Waals surface area (Å²) in [5.74, 6) is -2.55. The molecular formula is C22H18ClF3N4O4. The highest BCUT2D eigenvalue weighted by Crippen LogP contribution is 2.36. The number of amides is 4. The van der Waals surface area contributed by atoms with Crippen molar-refractivity contribution in [3.05, 3.63) is 63.9 Å². The van der Waals surface area contributed by atoms with Gasteiger partial charge >= 0.3 is 6.18 Å². The van der Waals surface area contributed by atoms with Crippen LogP contribution in [-0.2, 0) is 16.1 Å². The molecule has 0 saturated carbocycles. The van der Waals surface area contributed by atoms with Crippen LogP contribution in [0.5, 0.6) is 0 Å². The lowest BCUT2D eigenvalue weighted by Gasteiger charge is -2.39. The molecule has 0 aliphatic carbocycles. The van der Waals surface area contributed by atoms with Gasteiger partial charge in [0.1, 0.15) is 5.54 Å². The van der Waals surface area contributed by atoms with Gasteiger partial charge in [0.15, 0.2) is 6.04 Å². The van der Waals surface area contributed by atoms with Crippen molar-refractivity contribution in [2.24, 2.45) is 0 Å². The van der Waals surface area contributed by atoms with E-state index in [4.69, 9.17) is 11.6 Å². The Kier molecular flexibility index (Phi) is 5.84. The second-order valence-electron chi connectivity index (χ2n) is 8.23. The van der Waals surface area contributed by atoms with Crippen molar-refractivity contribution in [2.75, 3.05) is 0 Å². The van der Waals surface area contributed by atoms with Crippen LogP contribution in [0.15, 0.2) is 36.5 Å². The Hall–Kier alpha value is -3.47. The molecule has 1 saturated heterocycles. The molecule has 0 radical (unpaired) electrons. The van der Waals surface area contributed by atoms with E-state index in [-0.39, 0.29) is 35.5 Å². The van der Waals surface area contributed by atoms with Gasteiger partial charge in [-0.15, -0.1) is 0 Å². The fourth-order valence-electron chi connectivity index (χ4n) is 4.04. The van der Waals surface area contributed by atoms with E-state index in [1.807, 2.05) is 5.32 Å². The summed E-state index contributed by atoms with van der Waals surface area (Å²) in [5.41, 5.74) is -1.32. The fourth-order valence-corrected chi connectivity index (χ4v) is 4.27. The second kappa shape index (κ2) is 8.39. The maximum Gasteiger partial charge on any atom is 0.414 e. The summed E-state index contributed by atoms with van der Waals surface area (Å²) < 4.78 is 41.0. The van der Waals surface area contributed by atoms with Crippen molar-refractivity contribution >= 4 is 35.2 Å². The van der Waals surface area contributed by atoms with Crippen LogP contribution in [0.3, 0.4) is 0 Å². The quantitative estimate of drug-likeness (QED) is 0.635. The van der Waals surface area contributed by atoms with Crippen molar-refractivity contribution in [2.45, 2.75) is 44.1 Å². The number of imide groups is 1. The van der Waals surface area contributed by atoms with E-state index in [9.17, 15) is 32.3 Å². The average molecular weight is 495 g/mol. The summed E-state index contributed by atoms with van der Waals surface area (Å²) >= 11 is 5.86. The number of hydrogen-bond donors (Lipinski definition) is 2. The highest BCUT2D eigenvalue weighted by molar-refractivity contribution is 6.31. The van der Waals surface area contributed by atoms with Crippen LogP contribution in [0, 0.1) is 0 Å². The van der Waals surface area contributed by atoms with Crippen LogP contribution >= 0.6 is 11.6 Å². The van der Waals surface area contributed by atoms with Gasteiger partial charge in [0.25, 0.3) is 17.7 Å². The number of hydrogen-bond acceptors (Lipinski definition) is 5. The SMILES string of the molecule is C[C@@]1(N2Cc3cc(C(=O)NC(c4ncccc4Cl)C(F)(F)F)ccc3C2=O)CCC(=O)NC1=O. The van der Waals surface area contributed by atoms with Gasteiger partial charge in [-0.1, -0.05) is 11.6 Å². The van der Waals surface area contributed by atoms with Crippen molar-refractivity contribution in [1.29, 1.82) is 0 Å². The Morgan fingerprint density at radius 2 is 2.00 bits per heavy atom. The number of nitrogens with one attached hydrogen (secondary N) is 2. The lowest BCUT2D eigenvalue weighted by atomic mass is 9.89. The molecular weight excluding hydrogens is 477 g/mol. The first kappa shape index (κ1) is 23.7. The van der Waals surface area contributed by atoms with Gasteiger partial charge in [-0.05, 0) is 49.2 Å². The van der Waals surface area contributed by atoms with Crippen LogP contribution in [0.4, 0.5) is 13.2 Å². The largest absolute Gasteiger partial charge is 0.414 e. The molecule has 0 spiro atoms. The third kappa shape index (κ3) is 4.11. The number of benzene rings is 1. The Balaban J connectivity index is 1.59. The van der Waals surface area contributed by atoms with E-state index in [1.165, 1.54) is 42.2 Å². The maximum atomic E-state index is 13.7. The normalized spacial score (nSPS) is 21.2. The lowest BCUT2D eigenvalue weighted by molar-refractivity contribution is -0.156. The number of pyridine rings is 1. The topological polar surface area (TPSA) is 108 Å². The molecule has 1 aromatic carbocycles. The standard InChI is InChI=1S/C22H18ClF3N4O4/c1-21(7-6-15(31)28-20(21)34)30-10-12-9-11(4-5-13(12)19(30)33)18(32)29-17(22(24,25)26)16-14(23)3-2-8-27-16/h2-5,8-9,17H,6-7,10H2,1H3,(H,29,32)(H,28,31,34)/t17?,21-/m1/s1. The summed E-state index contributed by atoms with van der Waals surface area (Å²) in [6, 6.07) is 4.04. The zero-order valence-corrected chi connectivity index (χ0v) is 18.5. The third-order valence-corrected chi connectivity index (χ3v) is 6.33. The predicted molar refractivity (Wildman–Crippen MR) is 113 cm³/mol. The fraction of sp³-hybridized carbons (Fsp3) is 0.318.